The van der Waals surface area contributed by atoms with Crippen molar-refractivity contribution in [2.24, 2.45) is 5.73 Å². The first-order valence-electron chi connectivity index (χ1n) is 6.34. The van der Waals surface area contributed by atoms with Gasteiger partial charge in [0.15, 0.2) is 0 Å². The van der Waals surface area contributed by atoms with Gasteiger partial charge in [0.1, 0.15) is 12.4 Å². The molecule has 2 aromatic carbocycles. The number of ether oxygens (including phenoxy) is 1. The number of halogens is 1. The summed E-state index contributed by atoms with van der Waals surface area (Å²) in [5, 5.41) is 0. The molecule has 0 heterocycles. The van der Waals surface area contributed by atoms with E-state index in [2.05, 4.69) is 24.3 Å². The lowest BCUT2D eigenvalue weighted by Gasteiger charge is -2.07. The van der Waals surface area contributed by atoms with Crippen molar-refractivity contribution in [3.63, 3.8) is 0 Å². The Kier molecular flexibility index (Phi) is 7.01. The molecule has 0 radical (unpaired) electrons. The minimum atomic E-state index is 0. The number of benzene rings is 2. The van der Waals surface area contributed by atoms with Gasteiger partial charge in [-0.05, 0) is 42.6 Å². The van der Waals surface area contributed by atoms with Crippen LogP contribution >= 0.6 is 12.4 Å². The molecule has 0 saturated heterocycles. The summed E-state index contributed by atoms with van der Waals surface area (Å²) in [6.07, 6.45) is 2.07. The average Bonchev–Trinajstić information content (AvgIpc) is 2.45. The third-order valence-corrected chi connectivity index (χ3v) is 2.84. The predicted octanol–water partition coefficient (Wildman–Crippen LogP) is 3.58. The molecule has 0 saturated carbocycles. The lowest BCUT2D eigenvalue weighted by atomic mass is 10.1. The third kappa shape index (κ3) is 5.33. The Morgan fingerprint density at radius 2 is 1.53 bits per heavy atom. The highest BCUT2D eigenvalue weighted by molar-refractivity contribution is 5.85. The van der Waals surface area contributed by atoms with E-state index >= 15 is 0 Å². The Morgan fingerprint density at radius 3 is 2.16 bits per heavy atom. The summed E-state index contributed by atoms with van der Waals surface area (Å²) in [6, 6.07) is 18.4. The van der Waals surface area contributed by atoms with Gasteiger partial charge >= 0.3 is 0 Å². The third-order valence-electron chi connectivity index (χ3n) is 2.84. The molecule has 0 spiro atoms. The molecular formula is C16H20ClNO. The van der Waals surface area contributed by atoms with Crippen LogP contribution in [0.5, 0.6) is 5.75 Å². The molecular weight excluding hydrogens is 258 g/mol. The van der Waals surface area contributed by atoms with Crippen LogP contribution in [0.4, 0.5) is 0 Å². The number of aryl methyl sites for hydroxylation is 1. The van der Waals surface area contributed by atoms with E-state index in [0.717, 1.165) is 25.1 Å². The van der Waals surface area contributed by atoms with Gasteiger partial charge in [-0.2, -0.15) is 0 Å². The Labute approximate surface area is 121 Å². The maximum Gasteiger partial charge on any atom is 0.119 e. The second kappa shape index (κ2) is 8.57. The van der Waals surface area contributed by atoms with Crippen molar-refractivity contribution in [2.75, 3.05) is 6.54 Å². The number of nitrogens with two attached hydrogens (primary N) is 1. The summed E-state index contributed by atoms with van der Waals surface area (Å²) < 4.78 is 5.73. The van der Waals surface area contributed by atoms with Crippen molar-refractivity contribution in [3.8, 4) is 5.75 Å². The van der Waals surface area contributed by atoms with E-state index in [1.165, 1.54) is 11.1 Å². The van der Waals surface area contributed by atoms with Crippen molar-refractivity contribution < 1.29 is 4.74 Å². The van der Waals surface area contributed by atoms with E-state index in [0.29, 0.717) is 6.61 Å². The fraction of sp³-hybridized carbons (Fsp3) is 0.250. The van der Waals surface area contributed by atoms with E-state index in [1.54, 1.807) is 0 Å². The average molecular weight is 278 g/mol. The minimum absolute atomic E-state index is 0. The zero-order valence-electron chi connectivity index (χ0n) is 10.9. The van der Waals surface area contributed by atoms with Gasteiger partial charge in [0.25, 0.3) is 0 Å². The lowest BCUT2D eigenvalue weighted by molar-refractivity contribution is 0.306. The molecule has 19 heavy (non-hydrogen) atoms. The molecule has 102 valence electrons. The Balaban J connectivity index is 0.00000180. The lowest BCUT2D eigenvalue weighted by Crippen LogP contribution is -2.00. The summed E-state index contributed by atoms with van der Waals surface area (Å²) in [6.45, 7) is 1.36. The molecule has 2 aromatic rings. The van der Waals surface area contributed by atoms with Gasteiger partial charge in [-0.25, -0.2) is 0 Å². The molecule has 0 aliphatic carbocycles. The summed E-state index contributed by atoms with van der Waals surface area (Å²) in [7, 11) is 0. The molecule has 2 nitrogen and oxygen atoms in total. The topological polar surface area (TPSA) is 35.2 Å². The molecule has 0 amide bonds. The molecule has 0 aromatic heterocycles. The first-order valence-corrected chi connectivity index (χ1v) is 6.34. The standard InChI is InChI=1S/C16H19NO.ClH/c17-12-4-7-14-8-10-16(11-9-14)18-13-15-5-2-1-3-6-15;/h1-3,5-6,8-11H,4,7,12-13,17H2;1H. The molecule has 2 N–H and O–H groups in total. The second-order valence-electron chi connectivity index (χ2n) is 4.31. The predicted molar refractivity (Wildman–Crippen MR) is 81.8 cm³/mol. The molecule has 0 fully saturated rings. The van der Waals surface area contributed by atoms with Crippen molar-refractivity contribution in [1.82, 2.24) is 0 Å². The Morgan fingerprint density at radius 1 is 0.842 bits per heavy atom. The smallest absolute Gasteiger partial charge is 0.119 e. The molecule has 0 atom stereocenters. The van der Waals surface area contributed by atoms with Gasteiger partial charge in [0.2, 0.25) is 0 Å². The van der Waals surface area contributed by atoms with Gasteiger partial charge in [0, 0.05) is 0 Å². The van der Waals surface area contributed by atoms with E-state index in [9.17, 15) is 0 Å². The van der Waals surface area contributed by atoms with Gasteiger partial charge in [-0.15, -0.1) is 12.4 Å². The zero-order chi connectivity index (χ0) is 12.6. The molecule has 0 bridgehead atoms. The van der Waals surface area contributed by atoms with Gasteiger partial charge < -0.3 is 10.5 Å². The van der Waals surface area contributed by atoms with Crippen molar-refractivity contribution >= 4 is 12.4 Å². The minimum Gasteiger partial charge on any atom is -0.489 e. The molecule has 0 aliphatic heterocycles. The van der Waals surface area contributed by atoms with Crippen molar-refractivity contribution in [2.45, 2.75) is 19.4 Å². The van der Waals surface area contributed by atoms with Crippen LogP contribution in [-0.4, -0.2) is 6.54 Å². The maximum absolute atomic E-state index is 5.73. The highest BCUT2D eigenvalue weighted by Gasteiger charge is 1.96. The van der Waals surface area contributed by atoms with Crippen molar-refractivity contribution in [3.05, 3.63) is 65.7 Å². The summed E-state index contributed by atoms with van der Waals surface area (Å²) in [5.41, 5.74) is 7.99. The van der Waals surface area contributed by atoms with Crippen LogP contribution in [0.2, 0.25) is 0 Å². The Bertz CT molecular complexity index is 456. The monoisotopic (exact) mass is 277 g/mol. The van der Waals surface area contributed by atoms with Crippen LogP contribution in [0.1, 0.15) is 17.5 Å². The number of hydrogen-bond acceptors (Lipinski definition) is 2. The molecule has 0 unspecified atom stereocenters. The van der Waals surface area contributed by atoms with Crippen LogP contribution in [-0.2, 0) is 13.0 Å². The SMILES string of the molecule is Cl.NCCCc1ccc(OCc2ccccc2)cc1. The number of hydrogen-bond donors (Lipinski definition) is 1. The van der Waals surface area contributed by atoms with Gasteiger partial charge in [-0.3, -0.25) is 0 Å². The van der Waals surface area contributed by atoms with Gasteiger partial charge in [-0.1, -0.05) is 42.5 Å². The van der Waals surface area contributed by atoms with Crippen LogP contribution in [0, 0.1) is 0 Å². The summed E-state index contributed by atoms with van der Waals surface area (Å²) in [5.74, 6) is 0.912. The summed E-state index contributed by atoms with van der Waals surface area (Å²) >= 11 is 0. The first-order chi connectivity index (χ1) is 8.88. The van der Waals surface area contributed by atoms with E-state index in [4.69, 9.17) is 10.5 Å². The normalized spacial score (nSPS) is 9.74. The van der Waals surface area contributed by atoms with Crippen LogP contribution < -0.4 is 10.5 Å². The highest BCUT2D eigenvalue weighted by atomic mass is 35.5. The second-order valence-corrected chi connectivity index (χ2v) is 4.31. The van der Waals surface area contributed by atoms with E-state index in [1.807, 2.05) is 30.3 Å². The molecule has 2 rings (SSSR count). The number of rotatable bonds is 6. The van der Waals surface area contributed by atoms with Crippen LogP contribution in [0.15, 0.2) is 54.6 Å². The fourth-order valence-electron chi connectivity index (χ4n) is 1.80. The van der Waals surface area contributed by atoms with Crippen LogP contribution in [0.25, 0.3) is 0 Å². The highest BCUT2D eigenvalue weighted by Crippen LogP contribution is 2.15. The summed E-state index contributed by atoms with van der Waals surface area (Å²) in [4.78, 5) is 0. The van der Waals surface area contributed by atoms with E-state index < -0.39 is 0 Å². The first kappa shape index (κ1) is 15.5. The largest absolute Gasteiger partial charge is 0.489 e. The van der Waals surface area contributed by atoms with Crippen molar-refractivity contribution in [1.29, 1.82) is 0 Å². The Hall–Kier alpha value is -1.51. The zero-order valence-corrected chi connectivity index (χ0v) is 11.7. The molecule has 3 heteroatoms. The van der Waals surface area contributed by atoms with Gasteiger partial charge in [0.05, 0.1) is 0 Å². The maximum atomic E-state index is 5.73. The molecule has 0 aliphatic rings. The van der Waals surface area contributed by atoms with Crippen LogP contribution in [0.3, 0.4) is 0 Å². The quantitative estimate of drug-likeness (QED) is 0.876. The fourth-order valence-corrected chi connectivity index (χ4v) is 1.80. The van der Waals surface area contributed by atoms with E-state index in [-0.39, 0.29) is 12.4 Å².